The van der Waals surface area contributed by atoms with Crippen molar-refractivity contribution in [3.8, 4) is 0 Å². The number of rotatable bonds is 20. The van der Waals surface area contributed by atoms with Crippen LogP contribution in [0.2, 0.25) is 0 Å². The molecule has 90 heavy (non-hydrogen) atoms. The Morgan fingerprint density at radius 3 is 0.444 bits per heavy atom. The zero-order valence-corrected chi connectivity index (χ0v) is 60.2. The molecule has 0 aromatic heterocycles. The zero-order chi connectivity index (χ0) is 60.4. The maximum atomic E-state index is 5.14. The van der Waals surface area contributed by atoms with Crippen LogP contribution in [0.25, 0.3) is 0 Å². The van der Waals surface area contributed by atoms with Crippen molar-refractivity contribution in [1.82, 2.24) is 0 Å². The van der Waals surface area contributed by atoms with Crippen LogP contribution in [0.4, 0.5) is 23.5 Å². The first kappa shape index (κ1) is 84.9. The molecule has 0 atom stereocenters. The largest absolute Gasteiger partial charge is 0.269 e. The van der Waals surface area contributed by atoms with Gasteiger partial charge < -0.3 is 0 Å². The third-order valence-electron chi connectivity index (χ3n) is 20.8. The standard InChI is InChI=1S/5C16H23S.5FH/c5*1-2-3-4-13-5-7-14(8-6-13)15-9-11-16(17)12-10-15;;;;;/h5*9-14H,2-8H2,1H3;5*1H/t5*13-,14-;;;;;. The summed E-state index contributed by atoms with van der Waals surface area (Å²) in [5.41, 5.74) is 7.53. The molecule has 5 aliphatic carbocycles. The van der Waals surface area contributed by atoms with Gasteiger partial charge in [0.15, 0.2) is 0 Å². The van der Waals surface area contributed by atoms with Crippen LogP contribution in [0.15, 0.2) is 146 Å². The van der Waals surface area contributed by atoms with Crippen LogP contribution >= 0.6 is 63.1 Å². The van der Waals surface area contributed by atoms with Crippen LogP contribution in [0, 0.1) is 29.6 Å². The molecule has 0 heterocycles. The zero-order valence-electron chi connectivity index (χ0n) is 56.2. The highest BCUT2D eigenvalue weighted by molar-refractivity contribution is 7.81. The van der Waals surface area contributed by atoms with Gasteiger partial charge in [0.2, 0.25) is 0 Å². The number of hydrogen-bond acceptors (Lipinski definition) is 0. The van der Waals surface area contributed by atoms with Crippen LogP contribution < -0.4 is 0 Å². The monoisotopic (exact) mass is 1340 g/mol. The smallest absolute Gasteiger partial charge is 0.0377 e. The van der Waals surface area contributed by atoms with Gasteiger partial charge >= 0.3 is 0 Å². The van der Waals surface area contributed by atoms with E-state index in [9.17, 15) is 0 Å². The predicted molar refractivity (Wildman–Crippen MR) is 395 cm³/mol. The molecular formula is C80H120F5S5. The van der Waals surface area contributed by atoms with Crippen molar-refractivity contribution >= 4 is 63.1 Å². The third-order valence-corrected chi connectivity index (χ3v) is 22.2. The summed E-state index contributed by atoms with van der Waals surface area (Å²) in [5, 5.41) is 0. The topological polar surface area (TPSA) is 0 Å². The van der Waals surface area contributed by atoms with Crippen molar-refractivity contribution < 1.29 is 23.5 Å². The molecule has 0 spiro atoms. The van der Waals surface area contributed by atoms with Crippen molar-refractivity contribution in [2.75, 3.05) is 0 Å². The Balaban J connectivity index is 0.000000555. The summed E-state index contributed by atoms with van der Waals surface area (Å²) >= 11 is 25.7. The lowest BCUT2D eigenvalue weighted by Crippen LogP contribution is -2.13. The Labute approximate surface area is 574 Å². The van der Waals surface area contributed by atoms with Crippen molar-refractivity contribution in [3.05, 3.63) is 149 Å². The molecule has 0 N–H and O–H groups in total. The second-order valence-electron chi connectivity index (χ2n) is 27.1. The Bertz CT molecular complexity index is 2030. The lowest BCUT2D eigenvalue weighted by molar-refractivity contribution is 0.304. The van der Waals surface area contributed by atoms with Gasteiger partial charge in [-0.25, -0.2) is 0 Å². The summed E-state index contributed by atoms with van der Waals surface area (Å²) < 4.78 is 0. The summed E-state index contributed by atoms with van der Waals surface area (Å²) in [6, 6.07) is 43.1. The van der Waals surface area contributed by atoms with E-state index in [1.54, 1.807) is 0 Å². The molecule has 5 aliphatic rings. The molecular weight excluding hydrogens is 1220 g/mol. The van der Waals surface area contributed by atoms with Gasteiger partial charge in [-0.1, -0.05) is 255 Å². The normalized spacial score (nSPS) is 23.4. The number of benzene rings is 5. The van der Waals surface area contributed by atoms with Crippen molar-refractivity contribution in [2.45, 2.75) is 313 Å². The summed E-state index contributed by atoms with van der Waals surface area (Å²) in [6.45, 7) is 11.5. The van der Waals surface area contributed by atoms with E-state index in [-0.39, 0.29) is 23.5 Å². The second kappa shape index (κ2) is 49.4. The van der Waals surface area contributed by atoms with Gasteiger partial charge in [-0.15, -0.1) is 0 Å². The van der Waals surface area contributed by atoms with E-state index in [2.05, 4.69) is 156 Å². The Morgan fingerprint density at radius 1 is 0.211 bits per heavy atom. The average molecular weight is 1340 g/mol. The molecule has 0 amide bonds. The van der Waals surface area contributed by atoms with Gasteiger partial charge in [-0.3, -0.25) is 23.5 Å². The van der Waals surface area contributed by atoms with E-state index in [4.69, 9.17) is 63.1 Å². The van der Waals surface area contributed by atoms with E-state index < -0.39 is 0 Å². The first-order chi connectivity index (χ1) is 41.5. The fraction of sp³-hybridized carbons (Fsp3) is 0.625. The highest BCUT2D eigenvalue weighted by atomic mass is 32.1. The fourth-order valence-electron chi connectivity index (χ4n) is 15.1. The SMILES string of the molecule is CCCC[C@H]1CC[C@H](c2ccc([S])cc2)CC1.CCCC[C@H]1CC[C@H](c2ccc([S])cc2)CC1.CCCC[C@H]1CC[C@H](c2ccc([S])cc2)CC1.CCCC[C@H]1CC[C@H](c2ccc([S])cc2)CC1.CCCC[C@H]1CC[C@H](c2ccc([S])cc2)CC1.F.F.F.F.F. The molecule has 5 fully saturated rings. The first-order valence-electron chi connectivity index (χ1n) is 35.3. The van der Waals surface area contributed by atoms with Gasteiger partial charge in [0.1, 0.15) is 0 Å². The molecule has 5 aromatic rings. The van der Waals surface area contributed by atoms with E-state index in [0.717, 1.165) is 83.7 Å². The number of halogens is 5. The van der Waals surface area contributed by atoms with Gasteiger partial charge in [-0.05, 0) is 276 Å². The summed E-state index contributed by atoms with van der Waals surface area (Å²) in [4.78, 5) is 4.82. The van der Waals surface area contributed by atoms with Crippen LogP contribution in [0.1, 0.15) is 317 Å². The molecule has 5 aromatic carbocycles. The van der Waals surface area contributed by atoms with Gasteiger partial charge in [0, 0.05) is 24.5 Å². The van der Waals surface area contributed by atoms with Crippen molar-refractivity contribution in [1.29, 1.82) is 0 Å². The third kappa shape index (κ3) is 31.9. The van der Waals surface area contributed by atoms with E-state index >= 15 is 0 Å². The Morgan fingerprint density at radius 2 is 0.333 bits per heavy atom. The second-order valence-corrected chi connectivity index (χ2v) is 29.5. The van der Waals surface area contributed by atoms with Crippen LogP contribution in [0.5, 0.6) is 0 Å². The van der Waals surface area contributed by atoms with E-state index in [0.29, 0.717) is 0 Å². The minimum Gasteiger partial charge on any atom is -0.269 e. The Kier molecular flexibility index (Phi) is 46.6. The molecule has 0 nitrogen and oxygen atoms in total. The number of unbranched alkanes of at least 4 members (excludes halogenated alkanes) is 5. The highest BCUT2D eigenvalue weighted by Crippen LogP contribution is 2.42. The van der Waals surface area contributed by atoms with Gasteiger partial charge in [-0.2, -0.15) is 0 Å². The number of hydrogen-bond donors (Lipinski definition) is 0. The van der Waals surface area contributed by atoms with Gasteiger partial charge in [0.05, 0.1) is 0 Å². The molecule has 0 bridgehead atoms. The van der Waals surface area contributed by atoms with Crippen molar-refractivity contribution in [2.24, 2.45) is 29.6 Å². The molecule has 0 aliphatic heterocycles. The molecule has 10 heteroatoms. The highest BCUT2D eigenvalue weighted by Gasteiger charge is 2.26. The quantitative estimate of drug-likeness (QED) is 0.0682. The molecule has 0 saturated heterocycles. The fourth-order valence-corrected chi connectivity index (χ4v) is 15.8. The molecule has 10 rings (SSSR count). The maximum absolute atomic E-state index is 5.14. The minimum absolute atomic E-state index is 0. The lowest BCUT2D eigenvalue weighted by Gasteiger charge is -2.28. The van der Waals surface area contributed by atoms with Crippen LogP contribution in [0.3, 0.4) is 0 Å². The van der Waals surface area contributed by atoms with Crippen LogP contribution in [-0.4, -0.2) is 0 Å². The first-order valence-corrected chi connectivity index (χ1v) is 37.4. The lowest BCUT2D eigenvalue weighted by atomic mass is 9.77. The minimum atomic E-state index is 0. The van der Waals surface area contributed by atoms with E-state index in [1.807, 2.05) is 0 Å². The summed E-state index contributed by atoms with van der Waals surface area (Å²) in [6.07, 6.45) is 49.2. The van der Waals surface area contributed by atoms with Crippen molar-refractivity contribution in [3.63, 3.8) is 0 Å². The summed E-state index contributed by atoms with van der Waals surface area (Å²) in [7, 11) is 0. The molecule has 505 valence electrons. The molecule has 5 saturated carbocycles. The summed E-state index contributed by atoms with van der Waals surface area (Å²) in [5.74, 6) is 8.99. The van der Waals surface area contributed by atoms with E-state index in [1.165, 1.54) is 253 Å². The van der Waals surface area contributed by atoms with Crippen LogP contribution in [-0.2, 0) is 0 Å². The maximum Gasteiger partial charge on any atom is 0.0377 e. The Hall–Kier alpha value is -3.15. The predicted octanol–water partition coefficient (Wildman–Crippen LogP) is 29.3. The average Bonchev–Trinajstić information content (AvgIpc) is 3.64. The molecule has 0 unspecified atom stereocenters. The molecule has 5 radical (unpaired) electrons. The van der Waals surface area contributed by atoms with Gasteiger partial charge in [0.25, 0.3) is 0 Å².